The van der Waals surface area contributed by atoms with Crippen molar-refractivity contribution in [2.75, 3.05) is 32.7 Å². The average Bonchev–Trinajstić information content (AvgIpc) is 3.04. The lowest BCUT2D eigenvalue weighted by molar-refractivity contribution is -0.946. The Morgan fingerprint density at radius 1 is 0.867 bits per heavy atom. The molecule has 3 heterocycles. The summed E-state index contributed by atoms with van der Waals surface area (Å²) in [6.45, 7) is 4.47. The molecule has 0 radical (unpaired) electrons. The van der Waals surface area contributed by atoms with Crippen LogP contribution in [-0.4, -0.2) is 72.4 Å². The summed E-state index contributed by atoms with van der Waals surface area (Å²) in [7, 11) is 0. The van der Waals surface area contributed by atoms with Gasteiger partial charge < -0.3 is 29.5 Å². The van der Waals surface area contributed by atoms with Crippen molar-refractivity contribution in [3.8, 4) is 0 Å². The van der Waals surface area contributed by atoms with E-state index in [1.165, 1.54) is 0 Å². The fourth-order valence-corrected chi connectivity index (χ4v) is 6.14. The van der Waals surface area contributed by atoms with Gasteiger partial charge in [-0.25, -0.2) is 4.79 Å². The number of nitrogens with zero attached hydrogens (tertiary/aromatic N) is 1. The molecule has 1 atom stereocenters. The molecule has 45 heavy (non-hydrogen) atoms. The number of ether oxygens (including phenoxy) is 1. The number of benzene rings is 3. The standard InChI is InChI=1S/C32H36N2O4.C2HF3O2/c35-30(23-25-11-4-1-5-12-25)33-19-10-20-34-21-17-26(18-22-34)29(24-34)38-31(36)32(37,27-13-6-2-7-14-27)28-15-8-3-9-16-28;3-2(4,5)1(6)7/h1-9,11-16,26,29,37H,10,17-24H2;(H,6,7)/t26?,29-,34?;/m0./s1. The molecule has 0 aromatic heterocycles. The first-order valence-electron chi connectivity index (χ1n) is 14.9. The Balaban J connectivity index is 0.000000591. The van der Waals surface area contributed by atoms with Crippen LogP contribution in [0.5, 0.6) is 0 Å². The van der Waals surface area contributed by atoms with Crippen LogP contribution in [-0.2, 0) is 31.1 Å². The van der Waals surface area contributed by atoms with E-state index in [2.05, 4.69) is 5.32 Å². The first-order valence-corrected chi connectivity index (χ1v) is 14.9. The van der Waals surface area contributed by atoms with Crippen molar-refractivity contribution in [3.63, 3.8) is 0 Å². The van der Waals surface area contributed by atoms with E-state index < -0.39 is 23.7 Å². The number of esters is 1. The van der Waals surface area contributed by atoms with E-state index in [1.807, 2.05) is 66.7 Å². The molecule has 0 aliphatic carbocycles. The van der Waals surface area contributed by atoms with Gasteiger partial charge in [0.25, 0.3) is 0 Å². The highest BCUT2D eigenvalue weighted by molar-refractivity contribution is 5.85. The number of hydrogen-bond donors (Lipinski definition) is 2. The number of fused-ring (bicyclic) bond motifs is 3. The summed E-state index contributed by atoms with van der Waals surface area (Å²) < 4.78 is 38.6. The van der Waals surface area contributed by atoms with Crippen molar-refractivity contribution < 1.29 is 47.0 Å². The van der Waals surface area contributed by atoms with Crippen LogP contribution in [0.1, 0.15) is 36.0 Å². The van der Waals surface area contributed by atoms with Crippen LogP contribution in [0.2, 0.25) is 0 Å². The zero-order valence-electron chi connectivity index (χ0n) is 24.7. The minimum Gasteiger partial charge on any atom is -0.542 e. The summed E-state index contributed by atoms with van der Waals surface area (Å²) in [5.74, 6) is -3.26. The molecule has 0 saturated carbocycles. The van der Waals surface area contributed by atoms with Crippen LogP contribution in [0, 0.1) is 5.92 Å². The highest BCUT2D eigenvalue weighted by Gasteiger charge is 2.50. The lowest BCUT2D eigenvalue weighted by atomic mass is 9.82. The van der Waals surface area contributed by atoms with E-state index in [0.29, 0.717) is 30.0 Å². The maximum atomic E-state index is 13.7. The van der Waals surface area contributed by atoms with Gasteiger partial charge in [0.2, 0.25) is 11.5 Å². The molecule has 240 valence electrons. The van der Waals surface area contributed by atoms with Crippen LogP contribution in [0.15, 0.2) is 91.0 Å². The number of piperidine rings is 3. The number of hydrogen-bond acceptors (Lipinski definition) is 6. The molecular weight excluding hydrogens is 589 g/mol. The SMILES string of the molecule is O=C(Cc1ccccc1)NCCC[N+]12CCC(CC1)[C@@H](OC(=O)C(O)(c1ccccc1)c1ccccc1)C2.O=C([O-])C(F)(F)F. The molecule has 6 rings (SSSR count). The van der Waals surface area contributed by atoms with Crippen LogP contribution >= 0.6 is 0 Å². The third-order valence-corrected chi connectivity index (χ3v) is 8.55. The van der Waals surface area contributed by atoms with Gasteiger partial charge in [-0.1, -0.05) is 91.0 Å². The van der Waals surface area contributed by atoms with Crippen molar-refractivity contribution >= 4 is 17.8 Å². The van der Waals surface area contributed by atoms with Crippen molar-refractivity contribution in [3.05, 3.63) is 108 Å². The molecule has 2 bridgehead atoms. The van der Waals surface area contributed by atoms with E-state index in [1.54, 1.807) is 24.3 Å². The number of nitrogens with one attached hydrogen (secondary N) is 1. The van der Waals surface area contributed by atoms with Gasteiger partial charge in [0.15, 0.2) is 6.10 Å². The van der Waals surface area contributed by atoms with Gasteiger partial charge in [0, 0.05) is 31.7 Å². The van der Waals surface area contributed by atoms with E-state index in [-0.39, 0.29) is 12.0 Å². The van der Waals surface area contributed by atoms with Crippen LogP contribution in [0.3, 0.4) is 0 Å². The van der Waals surface area contributed by atoms with Crippen molar-refractivity contribution in [2.24, 2.45) is 5.92 Å². The minimum absolute atomic E-state index is 0.0430. The number of carboxylic acid groups (broad SMARTS) is 1. The molecule has 8 nitrogen and oxygen atoms in total. The molecule has 3 saturated heterocycles. The summed E-state index contributed by atoms with van der Waals surface area (Å²) in [5.41, 5.74) is 0.170. The number of amides is 1. The number of rotatable bonds is 10. The smallest absolute Gasteiger partial charge is 0.430 e. The molecule has 2 N–H and O–H groups in total. The Kier molecular flexibility index (Phi) is 11.0. The third-order valence-electron chi connectivity index (χ3n) is 8.55. The lowest BCUT2D eigenvalue weighted by Gasteiger charge is -2.52. The number of aliphatic carboxylic acids is 1. The maximum absolute atomic E-state index is 13.7. The Morgan fingerprint density at radius 3 is 1.84 bits per heavy atom. The van der Waals surface area contributed by atoms with E-state index >= 15 is 0 Å². The molecule has 3 fully saturated rings. The molecule has 3 aromatic rings. The predicted molar refractivity (Wildman–Crippen MR) is 157 cm³/mol. The van der Waals surface area contributed by atoms with Gasteiger partial charge >= 0.3 is 12.1 Å². The van der Waals surface area contributed by atoms with Crippen molar-refractivity contribution in [1.29, 1.82) is 0 Å². The third kappa shape index (κ3) is 8.70. The van der Waals surface area contributed by atoms with Gasteiger partial charge in [0.1, 0.15) is 12.5 Å². The summed E-state index contributed by atoms with van der Waals surface area (Å²) in [4.78, 5) is 34.8. The first-order chi connectivity index (χ1) is 21.4. The molecule has 3 aromatic carbocycles. The van der Waals surface area contributed by atoms with E-state index in [0.717, 1.165) is 55.5 Å². The second-order valence-corrected chi connectivity index (χ2v) is 11.6. The van der Waals surface area contributed by atoms with Crippen LogP contribution < -0.4 is 10.4 Å². The second kappa shape index (κ2) is 14.7. The van der Waals surface area contributed by atoms with Gasteiger partial charge in [-0.3, -0.25) is 4.79 Å². The van der Waals surface area contributed by atoms with Crippen LogP contribution in [0.4, 0.5) is 13.2 Å². The number of quaternary nitrogens is 1. The largest absolute Gasteiger partial charge is 0.542 e. The molecular formula is C34H37F3N2O6. The monoisotopic (exact) mass is 626 g/mol. The molecule has 11 heteroatoms. The number of carbonyl (C=O) groups excluding carboxylic acids is 3. The highest BCUT2D eigenvalue weighted by atomic mass is 19.4. The summed E-state index contributed by atoms with van der Waals surface area (Å²) in [6, 6.07) is 27.9. The summed E-state index contributed by atoms with van der Waals surface area (Å²) in [5, 5.41) is 23.6. The fraction of sp³-hybridized carbons (Fsp3) is 0.382. The van der Waals surface area contributed by atoms with Gasteiger partial charge in [-0.15, -0.1) is 0 Å². The average molecular weight is 627 g/mol. The highest BCUT2D eigenvalue weighted by Crippen LogP contribution is 2.38. The quantitative estimate of drug-likeness (QED) is 0.203. The normalized spacial score (nSPS) is 20.8. The van der Waals surface area contributed by atoms with E-state index in [9.17, 15) is 27.9 Å². The fourth-order valence-electron chi connectivity index (χ4n) is 6.14. The number of alkyl halides is 3. The molecule has 1 amide bonds. The summed E-state index contributed by atoms with van der Waals surface area (Å²) in [6.07, 6.45) is -2.13. The first kappa shape index (κ1) is 33.7. The van der Waals surface area contributed by atoms with Gasteiger partial charge in [0.05, 0.1) is 26.1 Å². The lowest BCUT2D eigenvalue weighted by Crippen LogP contribution is -2.65. The molecule has 3 aliphatic heterocycles. The topological polar surface area (TPSA) is 116 Å². The Labute approximate surface area is 260 Å². The van der Waals surface area contributed by atoms with Crippen LogP contribution in [0.25, 0.3) is 0 Å². The Bertz CT molecular complexity index is 1370. The Hall–Kier alpha value is -4.22. The second-order valence-electron chi connectivity index (χ2n) is 11.6. The zero-order chi connectivity index (χ0) is 32.5. The predicted octanol–water partition coefficient (Wildman–Crippen LogP) is 3.12. The van der Waals surface area contributed by atoms with Crippen molar-refractivity contribution in [1.82, 2.24) is 5.32 Å². The zero-order valence-corrected chi connectivity index (χ0v) is 24.7. The van der Waals surface area contributed by atoms with Crippen molar-refractivity contribution in [2.45, 2.75) is 43.6 Å². The number of halogens is 3. The number of aliphatic hydroxyl groups is 1. The van der Waals surface area contributed by atoms with Gasteiger partial charge in [-0.2, -0.15) is 13.2 Å². The molecule has 3 aliphatic rings. The summed E-state index contributed by atoms with van der Waals surface area (Å²) >= 11 is 0. The maximum Gasteiger partial charge on any atom is 0.430 e. The number of carboxylic acids is 1. The Morgan fingerprint density at radius 2 is 1.36 bits per heavy atom. The minimum atomic E-state index is -5.19. The van der Waals surface area contributed by atoms with Gasteiger partial charge in [-0.05, 0) is 16.7 Å². The molecule has 0 unspecified atom stereocenters. The van der Waals surface area contributed by atoms with E-state index in [4.69, 9.17) is 14.6 Å². The molecule has 0 spiro atoms. The number of carbonyl (C=O) groups is 3.